The zero-order chi connectivity index (χ0) is 14.9. The van der Waals surface area contributed by atoms with E-state index in [9.17, 15) is 9.50 Å². The van der Waals surface area contributed by atoms with E-state index in [0.717, 1.165) is 0 Å². The van der Waals surface area contributed by atoms with Gasteiger partial charge in [0.25, 0.3) is 0 Å². The summed E-state index contributed by atoms with van der Waals surface area (Å²) in [6, 6.07) is 4.22. The predicted molar refractivity (Wildman–Crippen MR) is 77.7 cm³/mol. The Bertz CT molecular complexity index is 628. The lowest BCUT2D eigenvalue weighted by molar-refractivity contribution is 0.170. The number of hydrogen-bond acceptors (Lipinski definition) is 2. The van der Waals surface area contributed by atoms with Crippen molar-refractivity contribution in [3.05, 3.63) is 51.0 Å². The van der Waals surface area contributed by atoms with Crippen molar-refractivity contribution in [2.24, 2.45) is 0 Å². The summed E-state index contributed by atoms with van der Waals surface area (Å²) in [5.74, 6) is -0.527. The van der Waals surface area contributed by atoms with Crippen molar-refractivity contribution in [3.8, 4) is 0 Å². The van der Waals surface area contributed by atoms with Gasteiger partial charge < -0.3 is 5.11 Å². The zero-order valence-corrected chi connectivity index (χ0v) is 12.7. The standard InChI is InChI=1S/C14H15Cl2FN2O/c1-3-19-12(14(16)8(2)18-19)7-13(20)10-5-4-9(15)6-11(10)17/h4-6,13,20H,3,7H2,1-2H3. The molecule has 2 aromatic rings. The lowest BCUT2D eigenvalue weighted by Crippen LogP contribution is -2.10. The van der Waals surface area contributed by atoms with Crippen LogP contribution in [-0.4, -0.2) is 14.9 Å². The monoisotopic (exact) mass is 316 g/mol. The quantitative estimate of drug-likeness (QED) is 0.928. The Morgan fingerprint density at radius 3 is 2.70 bits per heavy atom. The van der Waals surface area contributed by atoms with Gasteiger partial charge in [0.2, 0.25) is 0 Å². The molecule has 0 saturated heterocycles. The van der Waals surface area contributed by atoms with Crippen LogP contribution in [-0.2, 0) is 13.0 Å². The highest BCUT2D eigenvalue weighted by atomic mass is 35.5. The first-order valence-corrected chi connectivity index (χ1v) is 7.04. The number of aromatic nitrogens is 2. The molecule has 1 unspecified atom stereocenters. The van der Waals surface area contributed by atoms with Crippen molar-refractivity contribution in [3.63, 3.8) is 0 Å². The van der Waals surface area contributed by atoms with Crippen LogP contribution in [0, 0.1) is 12.7 Å². The highest BCUT2D eigenvalue weighted by Gasteiger charge is 2.19. The minimum Gasteiger partial charge on any atom is -0.388 e. The fraction of sp³-hybridized carbons (Fsp3) is 0.357. The van der Waals surface area contributed by atoms with Gasteiger partial charge in [-0.05, 0) is 26.0 Å². The lowest BCUT2D eigenvalue weighted by Gasteiger charge is -2.13. The minimum absolute atomic E-state index is 0.200. The average molecular weight is 317 g/mol. The predicted octanol–water partition coefficient (Wildman–Crippen LogP) is 3.93. The second kappa shape index (κ2) is 6.12. The molecule has 0 spiro atoms. The Kier molecular flexibility index (Phi) is 4.68. The number of aryl methyl sites for hydroxylation is 2. The molecule has 3 nitrogen and oxygen atoms in total. The second-order valence-corrected chi connectivity index (χ2v) is 5.36. The summed E-state index contributed by atoms with van der Waals surface area (Å²) in [5.41, 5.74) is 1.60. The topological polar surface area (TPSA) is 38.0 Å². The summed E-state index contributed by atoms with van der Waals surface area (Å²) in [6.45, 7) is 4.37. The third-order valence-corrected chi connectivity index (χ3v) is 3.89. The van der Waals surface area contributed by atoms with E-state index >= 15 is 0 Å². The van der Waals surface area contributed by atoms with Gasteiger partial charge in [0.1, 0.15) is 5.82 Å². The van der Waals surface area contributed by atoms with Gasteiger partial charge in [-0.1, -0.05) is 29.3 Å². The van der Waals surface area contributed by atoms with E-state index in [1.54, 1.807) is 17.7 Å². The smallest absolute Gasteiger partial charge is 0.130 e. The van der Waals surface area contributed by atoms with Gasteiger partial charge in [0.05, 0.1) is 22.5 Å². The van der Waals surface area contributed by atoms with E-state index in [1.807, 2.05) is 6.92 Å². The molecule has 0 aliphatic carbocycles. The van der Waals surface area contributed by atoms with Gasteiger partial charge in [-0.2, -0.15) is 5.10 Å². The van der Waals surface area contributed by atoms with Crippen LogP contribution < -0.4 is 0 Å². The molecule has 0 fully saturated rings. The highest BCUT2D eigenvalue weighted by molar-refractivity contribution is 6.31. The highest BCUT2D eigenvalue weighted by Crippen LogP contribution is 2.28. The van der Waals surface area contributed by atoms with E-state index in [-0.39, 0.29) is 12.0 Å². The first-order valence-electron chi connectivity index (χ1n) is 6.28. The molecule has 1 aromatic carbocycles. The number of benzene rings is 1. The maximum absolute atomic E-state index is 13.8. The number of hydrogen-bond donors (Lipinski definition) is 1. The van der Waals surface area contributed by atoms with Crippen molar-refractivity contribution >= 4 is 23.2 Å². The molecule has 0 amide bonds. The summed E-state index contributed by atoms with van der Waals surface area (Å²) in [7, 11) is 0. The van der Waals surface area contributed by atoms with Gasteiger partial charge in [-0.3, -0.25) is 4.68 Å². The van der Waals surface area contributed by atoms with Crippen molar-refractivity contribution in [2.75, 3.05) is 0 Å². The Hall–Kier alpha value is -1.10. The molecular weight excluding hydrogens is 302 g/mol. The minimum atomic E-state index is -0.994. The Labute approximate surface area is 126 Å². The first-order chi connectivity index (χ1) is 9.43. The first kappa shape index (κ1) is 15.3. The summed E-state index contributed by atoms with van der Waals surface area (Å²) >= 11 is 11.9. The van der Waals surface area contributed by atoms with Crippen molar-refractivity contribution in [1.29, 1.82) is 0 Å². The van der Waals surface area contributed by atoms with E-state index in [0.29, 0.717) is 28.0 Å². The van der Waals surface area contributed by atoms with Gasteiger partial charge in [-0.25, -0.2) is 4.39 Å². The molecule has 1 aromatic heterocycles. The van der Waals surface area contributed by atoms with Crippen molar-refractivity contribution < 1.29 is 9.50 Å². The third-order valence-electron chi connectivity index (χ3n) is 3.16. The molecule has 0 bridgehead atoms. The Morgan fingerprint density at radius 1 is 1.40 bits per heavy atom. The van der Waals surface area contributed by atoms with Crippen molar-refractivity contribution in [1.82, 2.24) is 9.78 Å². The SMILES string of the molecule is CCn1nc(C)c(Cl)c1CC(O)c1ccc(Cl)cc1F. The zero-order valence-electron chi connectivity index (χ0n) is 11.2. The summed E-state index contributed by atoms with van der Waals surface area (Å²) in [6.07, 6.45) is -0.794. The molecule has 6 heteroatoms. The number of nitrogens with zero attached hydrogens (tertiary/aromatic N) is 2. The van der Waals surface area contributed by atoms with Crippen LogP contribution in [0.2, 0.25) is 10.0 Å². The van der Waals surface area contributed by atoms with E-state index in [4.69, 9.17) is 23.2 Å². The van der Waals surface area contributed by atoms with Crippen LogP contribution in [0.5, 0.6) is 0 Å². The molecule has 0 aliphatic rings. The molecule has 20 heavy (non-hydrogen) atoms. The molecule has 0 radical (unpaired) electrons. The van der Waals surface area contributed by atoms with Crippen molar-refractivity contribution in [2.45, 2.75) is 32.9 Å². The Morgan fingerprint density at radius 2 is 2.10 bits per heavy atom. The second-order valence-electron chi connectivity index (χ2n) is 4.55. The number of halogens is 3. The number of rotatable bonds is 4. The summed E-state index contributed by atoms with van der Waals surface area (Å²) < 4.78 is 15.5. The van der Waals surface area contributed by atoms with Crippen LogP contribution in [0.3, 0.4) is 0 Å². The summed E-state index contributed by atoms with van der Waals surface area (Å²) in [4.78, 5) is 0. The number of aliphatic hydroxyl groups is 1. The molecule has 0 saturated carbocycles. The summed E-state index contributed by atoms with van der Waals surface area (Å²) in [5, 5.41) is 15.3. The fourth-order valence-corrected chi connectivity index (χ4v) is 2.50. The van der Waals surface area contributed by atoms with E-state index in [2.05, 4.69) is 5.10 Å². The molecule has 0 aliphatic heterocycles. The van der Waals surface area contributed by atoms with Gasteiger partial charge in [0.15, 0.2) is 0 Å². The van der Waals surface area contributed by atoms with Crippen LogP contribution in [0.15, 0.2) is 18.2 Å². The van der Waals surface area contributed by atoms with E-state index < -0.39 is 11.9 Å². The lowest BCUT2D eigenvalue weighted by atomic mass is 10.0. The average Bonchev–Trinajstić information content (AvgIpc) is 2.66. The molecule has 1 N–H and O–H groups in total. The molecular formula is C14H15Cl2FN2O. The van der Waals surface area contributed by atoms with Crippen LogP contribution in [0.1, 0.15) is 30.0 Å². The normalized spacial score (nSPS) is 12.7. The maximum Gasteiger partial charge on any atom is 0.130 e. The maximum atomic E-state index is 13.8. The van der Waals surface area contributed by atoms with Gasteiger partial charge in [-0.15, -0.1) is 0 Å². The molecule has 2 rings (SSSR count). The Balaban J connectivity index is 2.30. The van der Waals surface area contributed by atoms with Crippen LogP contribution in [0.4, 0.5) is 4.39 Å². The third kappa shape index (κ3) is 2.97. The number of aliphatic hydroxyl groups excluding tert-OH is 1. The fourth-order valence-electron chi connectivity index (χ4n) is 2.13. The van der Waals surface area contributed by atoms with Gasteiger partial charge >= 0.3 is 0 Å². The van der Waals surface area contributed by atoms with E-state index in [1.165, 1.54) is 12.1 Å². The van der Waals surface area contributed by atoms with Crippen LogP contribution in [0.25, 0.3) is 0 Å². The van der Waals surface area contributed by atoms with Gasteiger partial charge in [0, 0.05) is 23.6 Å². The van der Waals surface area contributed by atoms with Crippen LogP contribution >= 0.6 is 23.2 Å². The molecule has 1 atom stereocenters. The molecule has 108 valence electrons. The largest absolute Gasteiger partial charge is 0.388 e. The molecule has 1 heterocycles.